The number of rotatable bonds is 7. The molecule has 0 radical (unpaired) electrons. The van der Waals surface area contributed by atoms with Gasteiger partial charge in [0.15, 0.2) is 0 Å². The van der Waals surface area contributed by atoms with Gasteiger partial charge in [0.05, 0.1) is 6.61 Å². The Balaban J connectivity index is 1.84. The Kier molecular flexibility index (Phi) is 6.52. The van der Waals surface area contributed by atoms with Crippen molar-refractivity contribution in [2.75, 3.05) is 19.8 Å². The molecule has 0 spiro atoms. The highest BCUT2D eigenvalue weighted by molar-refractivity contribution is 5.28. The van der Waals surface area contributed by atoms with Gasteiger partial charge in [0.1, 0.15) is 5.75 Å². The predicted octanol–water partition coefficient (Wildman–Crippen LogP) is 3.53. The van der Waals surface area contributed by atoms with Crippen molar-refractivity contribution in [3.63, 3.8) is 0 Å². The molecule has 3 nitrogen and oxygen atoms in total. The molecule has 0 aliphatic heterocycles. The summed E-state index contributed by atoms with van der Waals surface area (Å²) >= 11 is 0. The minimum Gasteiger partial charge on any atom is -0.494 e. The van der Waals surface area contributed by atoms with Crippen LogP contribution in [0.1, 0.15) is 51.1 Å². The van der Waals surface area contributed by atoms with Crippen LogP contribution in [0.4, 0.5) is 0 Å². The van der Waals surface area contributed by atoms with Gasteiger partial charge >= 0.3 is 0 Å². The van der Waals surface area contributed by atoms with E-state index in [9.17, 15) is 5.11 Å². The number of hydrogen-bond acceptors (Lipinski definition) is 3. The second kappa shape index (κ2) is 8.40. The number of aliphatic hydroxyl groups excluding tert-OH is 1. The Morgan fingerprint density at radius 1 is 1.19 bits per heavy atom. The maximum atomic E-state index is 9.48. The molecular formula is C18H29NO2. The SMILES string of the molecule is CCOc1ccc(C(C)NCC2CCCCC2CO)cc1. The number of ether oxygens (including phenoxy) is 1. The zero-order chi connectivity index (χ0) is 15.1. The number of benzene rings is 1. The second-order valence-corrected chi connectivity index (χ2v) is 6.12. The van der Waals surface area contributed by atoms with E-state index in [0.717, 1.165) is 12.3 Å². The van der Waals surface area contributed by atoms with Crippen molar-refractivity contribution in [2.45, 2.75) is 45.6 Å². The smallest absolute Gasteiger partial charge is 0.119 e. The van der Waals surface area contributed by atoms with Gasteiger partial charge in [0.25, 0.3) is 0 Å². The minimum atomic E-state index is 0.335. The van der Waals surface area contributed by atoms with E-state index < -0.39 is 0 Å². The Hall–Kier alpha value is -1.06. The molecule has 1 fully saturated rings. The molecule has 1 saturated carbocycles. The van der Waals surface area contributed by atoms with Crippen LogP contribution in [0.5, 0.6) is 5.75 Å². The normalized spacial score (nSPS) is 23.8. The fourth-order valence-electron chi connectivity index (χ4n) is 3.26. The molecule has 0 bridgehead atoms. The Morgan fingerprint density at radius 3 is 2.48 bits per heavy atom. The molecule has 3 heteroatoms. The van der Waals surface area contributed by atoms with Crippen molar-refractivity contribution in [2.24, 2.45) is 11.8 Å². The first-order valence-corrected chi connectivity index (χ1v) is 8.31. The molecule has 21 heavy (non-hydrogen) atoms. The van der Waals surface area contributed by atoms with Gasteiger partial charge < -0.3 is 15.2 Å². The standard InChI is InChI=1S/C18H29NO2/c1-3-21-18-10-8-15(9-11-18)14(2)19-12-16-6-4-5-7-17(16)13-20/h8-11,14,16-17,19-20H,3-7,12-13H2,1-2H3. The highest BCUT2D eigenvalue weighted by Crippen LogP contribution is 2.29. The third-order valence-corrected chi connectivity index (χ3v) is 4.68. The van der Waals surface area contributed by atoms with Gasteiger partial charge in [-0.15, -0.1) is 0 Å². The predicted molar refractivity (Wildman–Crippen MR) is 86.6 cm³/mol. The molecule has 0 amide bonds. The van der Waals surface area contributed by atoms with Crippen LogP contribution in [0.25, 0.3) is 0 Å². The van der Waals surface area contributed by atoms with Crippen molar-refractivity contribution in [3.05, 3.63) is 29.8 Å². The molecule has 0 aromatic heterocycles. The lowest BCUT2D eigenvalue weighted by Crippen LogP contribution is -2.33. The van der Waals surface area contributed by atoms with Crippen molar-refractivity contribution >= 4 is 0 Å². The molecule has 0 heterocycles. The van der Waals surface area contributed by atoms with Crippen LogP contribution in [0.3, 0.4) is 0 Å². The van der Waals surface area contributed by atoms with Crippen LogP contribution in [0.15, 0.2) is 24.3 Å². The molecule has 3 atom stereocenters. The summed E-state index contributed by atoms with van der Waals surface area (Å²) < 4.78 is 5.48. The highest BCUT2D eigenvalue weighted by Gasteiger charge is 2.24. The number of aliphatic hydroxyl groups is 1. The van der Waals surface area contributed by atoms with Gasteiger partial charge in [0, 0.05) is 12.6 Å². The summed E-state index contributed by atoms with van der Waals surface area (Å²) in [5.74, 6) is 2.04. The molecular weight excluding hydrogens is 262 g/mol. The summed E-state index contributed by atoms with van der Waals surface area (Å²) in [4.78, 5) is 0. The van der Waals surface area contributed by atoms with Gasteiger partial charge in [-0.05, 0) is 62.8 Å². The fourth-order valence-corrected chi connectivity index (χ4v) is 3.26. The van der Waals surface area contributed by atoms with Gasteiger partial charge in [0.2, 0.25) is 0 Å². The van der Waals surface area contributed by atoms with E-state index in [1.165, 1.54) is 31.2 Å². The van der Waals surface area contributed by atoms with E-state index in [1.54, 1.807) is 0 Å². The molecule has 3 unspecified atom stereocenters. The van der Waals surface area contributed by atoms with Gasteiger partial charge in [-0.2, -0.15) is 0 Å². The first kappa shape index (κ1) is 16.3. The van der Waals surface area contributed by atoms with E-state index >= 15 is 0 Å². The van der Waals surface area contributed by atoms with Crippen LogP contribution in [0, 0.1) is 11.8 Å². The van der Waals surface area contributed by atoms with Crippen LogP contribution in [-0.4, -0.2) is 24.9 Å². The summed E-state index contributed by atoms with van der Waals surface area (Å²) in [6, 6.07) is 8.67. The van der Waals surface area contributed by atoms with E-state index in [0.29, 0.717) is 31.1 Å². The van der Waals surface area contributed by atoms with E-state index in [4.69, 9.17) is 4.74 Å². The lowest BCUT2D eigenvalue weighted by Gasteiger charge is -2.31. The maximum absolute atomic E-state index is 9.48. The largest absolute Gasteiger partial charge is 0.494 e. The van der Waals surface area contributed by atoms with Gasteiger partial charge in [-0.25, -0.2) is 0 Å². The summed E-state index contributed by atoms with van der Waals surface area (Å²) in [7, 11) is 0. The van der Waals surface area contributed by atoms with Crippen molar-refractivity contribution < 1.29 is 9.84 Å². The topological polar surface area (TPSA) is 41.5 Å². The van der Waals surface area contributed by atoms with Crippen LogP contribution in [-0.2, 0) is 0 Å². The Bertz CT molecular complexity index is 404. The molecule has 2 N–H and O–H groups in total. The lowest BCUT2D eigenvalue weighted by atomic mass is 9.79. The number of nitrogens with one attached hydrogen (secondary N) is 1. The molecule has 1 aliphatic rings. The third kappa shape index (κ3) is 4.72. The minimum absolute atomic E-state index is 0.335. The molecule has 2 rings (SSSR count). The Morgan fingerprint density at radius 2 is 1.86 bits per heavy atom. The average molecular weight is 291 g/mol. The Labute approximate surface area is 128 Å². The van der Waals surface area contributed by atoms with Crippen LogP contribution < -0.4 is 10.1 Å². The first-order valence-electron chi connectivity index (χ1n) is 8.31. The quantitative estimate of drug-likeness (QED) is 0.807. The monoisotopic (exact) mass is 291 g/mol. The maximum Gasteiger partial charge on any atom is 0.119 e. The van der Waals surface area contributed by atoms with Crippen LogP contribution >= 0.6 is 0 Å². The molecule has 118 valence electrons. The number of hydrogen-bond donors (Lipinski definition) is 2. The van der Waals surface area contributed by atoms with Gasteiger partial charge in [-0.1, -0.05) is 25.0 Å². The average Bonchev–Trinajstić information content (AvgIpc) is 2.54. The fraction of sp³-hybridized carbons (Fsp3) is 0.667. The van der Waals surface area contributed by atoms with Crippen molar-refractivity contribution in [1.82, 2.24) is 5.32 Å². The second-order valence-electron chi connectivity index (χ2n) is 6.12. The van der Waals surface area contributed by atoms with Crippen molar-refractivity contribution in [3.8, 4) is 5.75 Å². The summed E-state index contributed by atoms with van der Waals surface area (Å²) in [5, 5.41) is 13.1. The zero-order valence-electron chi connectivity index (χ0n) is 13.3. The van der Waals surface area contributed by atoms with E-state index in [1.807, 2.05) is 19.1 Å². The summed E-state index contributed by atoms with van der Waals surface area (Å²) in [5.41, 5.74) is 1.29. The van der Waals surface area contributed by atoms with E-state index in [-0.39, 0.29) is 0 Å². The molecule has 1 aliphatic carbocycles. The van der Waals surface area contributed by atoms with Crippen LogP contribution in [0.2, 0.25) is 0 Å². The molecule has 1 aromatic rings. The van der Waals surface area contributed by atoms with E-state index in [2.05, 4.69) is 24.4 Å². The van der Waals surface area contributed by atoms with Gasteiger partial charge in [-0.3, -0.25) is 0 Å². The zero-order valence-corrected chi connectivity index (χ0v) is 13.3. The highest BCUT2D eigenvalue weighted by atomic mass is 16.5. The third-order valence-electron chi connectivity index (χ3n) is 4.68. The summed E-state index contributed by atoms with van der Waals surface area (Å²) in [6.07, 6.45) is 5.00. The lowest BCUT2D eigenvalue weighted by molar-refractivity contribution is 0.131. The summed E-state index contributed by atoms with van der Waals surface area (Å²) in [6.45, 7) is 6.24. The molecule has 0 saturated heterocycles. The first-order chi connectivity index (χ1) is 10.2. The van der Waals surface area contributed by atoms with Crippen molar-refractivity contribution in [1.29, 1.82) is 0 Å². The molecule has 1 aromatic carbocycles.